The first-order valence-electron chi connectivity index (χ1n) is 7.51. The molecule has 0 spiro atoms. The van der Waals surface area contributed by atoms with Gasteiger partial charge in [0.1, 0.15) is 11.5 Å². The van der Waals surface area contributed by atoms with E-state index in [0.29, 0.717) is 11.3 Å². The first kappa shape index (κ1) is 16.4. The van der Waals surface area contributed by atoms with Gasteiger partial charge < -0.3 is 13.9 Å². The molecule has 126 valence electrons. The maximum atomic E-state index is 12.2. The number of fused-ring (bicyclic) bond motifs is 1. The van der Waals surface area contributed by atoms with Crippen LogP contribution in [0.4, 0.5) is 0 Å². The molecule has 0 aliphatic carbocycles. The lowest BCUT2D eigenvalue weighted by molar-refractivity contribution is -0.131. The molecule has 0 bridgehead atoms. The minimum absolute atomic E-state index is 0.170. The van der Waals surface area contributed by atoms with E-state index in [4.69, 9.17) is 13.9 Å². The smallest absolute Gasteiger partial charge is 0.347 e. The Morgan fingerprint density at radius 1 is 1.16 bits per heavy atom. The zero-order chi connectivity index (χ0) is 17.8. The average Bonchev–Trinajstić information content (AvgIpc) is 2.60. The summed E-state index contributed by atoms with van der Waals surface area (Å²) in [6.45, 7) is 1.29. The van der Waals surface area contributed by atoms with Gasteiger partial charge in [0.05, 0.1) is 18.0 Å². The molecule has 3 aromatic rings. The first-order valence-corrected chi connectivity index (χ1v) is 7.51. The Morgan fingerprint density at radius 2 is 1.96 bits per heavy atom. The first-order chi connectivity index (χ1) is 12.1. The fourth-order valence-electron chi connectivity index (χ4n) is 2.33. The number of carbonyl (C=O) groups is 1. The summed E-state index contributed by atoms with van der Waals surface area (Å²) >= 11 is 0. The van der Waals surface area contributed by atoms with Crippen LogP contribution in [0.3, 0.4) is 0 Å². The maximum absolute atomic E-state index is 12.2. The van der Waals surface area contributed by atoms with E-state index in [9.17, 15) is 9.59 Å². The summed E-state index contributed by atoms with van der Waals surface area (Å²) in [5.41, 5.74) is 0.727. The number of esters is 1. The number of methoxy groups -OCH3 is 1. The predicted octanol–water partition coefficient (Wildman–Crippen LogP) is 3.29. The fourth-order valence-corrected chi connectivity index (χ4v) is 2.33. The Kier molecular flexibility index (Phi) is 4.61. The van der Waals surface area contributed by atoms with Gasteiger partial charge in [-0.05, 0) is 30.3 Å². The van der Waals surface area contributed by atoms with E-state index in [0.717, 1.165) is 5.56 Å². The van der Waals surface area contributed by atoms with Crippen LogP contribution in [0, 0.1) is 0 Å². The summed E-state index contributed by atoms with van der Waals surface area (Å²) in [6.07, 6.45) is 3.35. The van der Waals surface area contributed by atoms with E-state index in [1.807, 2.05) is 24.3 Å². The molecule has 3 rings (SSSR count). The van der Waals surface area contributed by atoms with Crippen LogP contribution in [-0.4, -0.2) is 18.1 Å². The van der Waals surface area contributed by atoms with Gasteiger partial charge in [0.15, 0.2) is 0 Å². The second-order valence-electron chi connectivity index (χ2n) is 5.19. The van der Waals surface area contributed by atoms with Crippen LogP contribution in [0.25, 0.3) is 23.1 Å². The summed E-state index contributed by atoms with van der Waals surface area (Å²) in [5.74, 6) is 0.677. The number of para-hydroxylation sites is 1. The number of ether oxygens (including phenoxy) is 2. The van der Waals surface area contributed by atoms with Gasteiger partial charge in [-0.2, -0.15) is 0 Å². The van der Waals surface area contributed by atoms with Crippen LogP contribution in [-0.2, 0) is 4.79 Å². The SMILES string of the molecule is COc1ccccc1/C=C/c1nc2ccc(OC(C)=O)cc2c(=O)o1. The molecule has 0 aliphatic heterocycles. The zero-order valence-corrected chi connectivity index (χ0v) is 13.7. The van der Waals surface area contributed by atoms with Gasteiger partial charge in [0.2, 0.25) is 5.89 Å². The van der Waals surface area contributed by atoms with E-state index in [1.165, 1.54) is 13.0 Å². The van der Waals surface area contributed by atoms with Crippen molar-refractivity contribution in [2.45, 2.75) is 6.92 Å². The molecule has 0 aliphatic rings. The van der Waals surface area contributed by atoms with Crippen molar-refractivity contribution in [2.75, 3.05) is 7.11 Å². The van der Waals surface area contributed by atoms with Gasteiger partial charge in [-0.1, -0.05) is 18.2 Å². The molecular weight excluding hydrogens is 322 g/mol. The second kappa shape index (κ2) is 7.00. The van der Waals surface area contributed by atoms with Crippen molar-refractivity contribution >= 4 is 29.0 Å². The van der Waals surface area contributed by atoms with Crippen LogP contribution in [0.5, 0.6) is 11.5 Å². The topological polar surface area (TPSA) is 78.6 Å². The van der Waals surface area contributed by atoms with Crippen molar-refractivity contribution in [3.8, 4) is 11.5 Å². The molecule has 6 nitrogen and oxygen atoms in total. The normalized spacial score (nSPS) is 11.0. The van der Waals surface area contributed by atoms with Crippen molar-refractivity contribution in [1.82, 2.24) is 4.98 Å². The quantitative estimate of drug-likeness (QED) is 0.537. The molecule has 0 atom stereocenters. The Hall–Kier alpha value is -3.41. The largest absolute Gasteiger partial charge is 0.496 e. The summed E-state index contributed by atoms with van der Waals surface area (Å²) in [5, 5.41) is 0.244. The minimum atomic E-state index is -0.557. The van der Waals surface area contributed by atoms with Crippen molar-refractivity contribution in [1.29, 1.82) is 0 Å². The Morgan fingerprint density at radius 3 is 2.72 bits per heavy atom. The van der Waals surface area contributed by atoms with Crippen molar-refractivity contribution in [3.63, 3.8) is 0 Å². The number of carbonyl (C=O) groups excluding carboxylic acids is 1. The van der Waals surface area contributed by atoms with Gasteiger partial charge in [-0.3, -0.25) is 4.79 Å². The summed E-state index contributed by atoms with van der Waals surface area (Å²) in [7, 11) is 1.59. The van der Waals surface area contributed by atoms with E-state index in [2.05, 4.69) is 4.98 Å². The summed E-state index contributed by atoms with van der Waals surface area (Å²) in [6, 6.07) is 12.1. The lowest BCUT2D eigenvalue weighted by Crippen LogP contribution is -2.05. The van der Waals surface area contributed by atoms with E-state index in [-0.39, 0.29) is 17.0 Å². The second-order valence-corrected chi connectivity index (χ2v) is 5.19. The Labute approximate surface area is 143 Å². The highest BCUT2D eigenvalue weighted by atomic mass is 16.5. The van der Waals surface area contributed by atoms with Crippen LogP contribution in [0.15, 0.2) is 51.7 Å². The van der Waals surface area contributed by atoms with E-state index in [1.54, 1.807) is 31.4 Å². The summed E-state index contributed by atoms with van der Waals surface area (Å²) in [4.78, 5) is 27.5. The molecule has 0 N–H and O–H groups in total. The van der Waals surface area contributed by atoms with Crippen LogP contribution in [0.2, 0.25) is 0 Å². The summed E-state index contributed by atoms with van der Waals surface area (Å²) < 4.78 is 15.4. The van der Waals surface area contributed by atoms with Gasteiger partial charge in [-0.15, -0.1) is 0 Å². The monoisotopic (exact) mass is 337 g/mol. The van der Waals surface area contributed by atoms with Gasteiger partial charge >= 0.3 is 11.6 Å². The van der Waals surface area contributed by atoms with Crippen LogP contribution < -0.4 is 15.1 Å². The third-order valence-corrected chi connectivity index (χ3v) is 3.42. The highest BCUT2D eigenvalue weighted by Crippen LogP contribution is 2.21. The molecule has 6 heteroatoms. The molecule has 0 unspecified atom stereocenters. The minimum Gasteiger partial charge on any atom is -0.496 e. The fraction of sp³-hybridized carbons (Fsp3) is 0.105. The predicted molar refractivity (Wildman–Crippen MR) is 93.5 cm³/mol. The molecule has 2 aromatic carbocycles. The highest BCUT2D eigenvalue weighted by molar-refractivity contribution is 5.81. The third-order valence-electron chi connectivity index (χ3n) is 3.42. The molecule has 25 heavy (non-hydrogen) atoms. The lowest BCUT2D eigenvalue weighted by atomic mass is 10.2. The molecule has 0 saturated carbocycles. The van der Waals surface area contributed by atoms with E-state index < -0.39 is 11.6 Å². The van der Waals surface area contributed by atoms with Crippen LogP contribution >= 0.6 is 0 Å². The molecule has 1 aromatic heterocycles. The van der Waals surface area contributed by atoms with E-state index >= 15 is 0 Å². The number of aromatic nitrogens is 1. The maximum Gasteiger partial charge on any atom is 0.347 e. The number of nitrogens with zero attached hydrogens (tertiary/aromatic N) is 1. The molecule has 1 heterocycles. The van der Waals surface area contributed by atoms with Gasteiger partial charge in [0, 0.05) is 18.6 Å². The molecule has 0 fully saturated rings. The molecule has 0 radical (unpaired) electrons. The molecular formula is C19H15NO5. The lowest BCUT2D eigenvalue weighted by Gasteiger charge is -2.04. The molecule has 0 amide bonds. The van der Waals surface area contributed by atoms with Crippen molar-refractivity contribution in [2.24, 2.45) is 0 Å². The third kappa shape index (κ3) is 3.74. The number of hydrogen-bond donors (Lipinski definition) is 0. The highest BCUT2D eigenvalue weighted by Gasteiger charge is 2.08. The number of benzene rings is 2. The zero-order valence-electron chi connectivity index (χ0n) is 13.7. The number of hydrogen-bond acceptors (Lipinski definition) is 6. The molecule has 0 saturated heterocycles. The number of rotatable bonds is 4. The van der Waals surface area contributed by atoms with Gasteiger partial charge in [-0.25, -0.2) is 9.78 Å². The Balaban J connectivity index is 1.97. The standard InChI is InChI=1S/C19H15NO5/c1-12(21)24-14-8-9-16-15(11-14)19(22)25-18(20-16)10-7-13-5-3-4-6-17(13)23-2/h3-11H,1-2H3/b10-7+. The Bertz CT molecular complexity index is 1020. The van der Waals surface area contributed by atoms with Gasteiger partial charge in [0.25, 0.3) is 0 Å². The van der Waals surface area contributed by atoms with Crippen molar-refractivity contribution < 1.29 is 18.7 Å². The van der Waals surface area contributed by atoms with Crippen LogP contribution in [0.1, 0.15) is 18.4 Å². The van der Waals surface area contributed by atoms with Crippen molar-refractivity contribution in [3.05, 3.63) is 64.3 Å². The average molecular weight is 337 g/mol.